The lowest BCUT2D eigenvalue weighted by Crippen LogP contribution is -2.41. The first-order valence-corrected chi connectivity index (χ1v) is 8.50. The first kappa shape index (κ1) is 21.6. The maximum atomic E-state index is 5.88. The van der Waals surface area contributed by atoms with Crippen molar-refractivity contribution in [3.63, 3.8) is 0 Å². The van der Waals surface area contributed by atoms with E-state index in [-0.39, 0.29) is 30.1 Å². The van der Waals surface area contributed by atoms with Gasteiger partial charge in [0.2, 0.25) is 0 Å². The van der Waals surface area contributed by atoms with E-state index in [1.807, 2.05) is 55.9 Å². The van der Waals surface area contributed by atoms with Gasteiger partial charge in [0, 0.05) is 31.0 Å². The monoisotopic (exact) mass is 476 g/mol. The van der Waals surface area contributed by atoms with Crippen LogP contribution < -0.4 is 15.4 Å². The van der Waals surface area contributed by atoms with Gasteiger partial charge in [0.05, 0.1) is 13.1 Å². The number of nitrogens with one attached hydrogen (secondary N) is 2. The van der Waals surface area contributed by atoms with Gasteiger partial charge >= 0.3 is 0 Å². The maximum Gasteiger partial charge on any atom is 0.191 e. The molecule has 2 aromatic rings. The molecular weight excluding hydrogens is 451 g/mol. The summed E-state index contributed by atoms with van der Waals surface area (Å²) in [5.41, 5.74) is 1.18. The molecule has 2 rings (SSSR count). The summed E-state index contributed by atoms with van der Waals surface area (Å²) in [6.07, 6.45) is 4.10. The van der Waals surface area contributed by atoms with Gasteiger partial charge in [0.15, 0.2) is 5.96 Å². The summed E-state index contributed by atoms with van der Waals surface area (Å²) in [6, 6.07) is 9.45. The maximum absolute atomic E-state index is 5.88. The molecule has 1 aromatic carbocycles. The molecule has 138 valence electrons. The van der Waals surface area contributed by atoms with Gasteiger partial charge in [-0.05, 0) is 49.7 Å². The van der Waals surface area contributed by atoms with Crippen molar-refractivity contribution in [1.82, 2.24) is 15.2 Å². The highest BCUT2D eigenvalue weighted by Gasteiger charge is 2.06. The Morgan fingerprint density at radius 3 is 2.56 bits per heavy atom. The zero-order chi connectivity index (χ0) is 17.4. The molecule has 1 heterocycles. The molecule has 5 nitrogen and oxygen atoms in total. The first-order valence-electron chi connectivity index (χ1n) is 8.12. The predicted octanol–water partition coefficient (Wildman–Crippen LogP) is 3.82. The standard InChI is InChI=1S/C18H25ClN4O.HI/c1-4-20-18(22-12-15-9-10-23(3)13-15)21-11-14(2)24-17-7-5-16(19)6-8-17;/h5-10,13-14H,4,11-12H2,1-3H3,(H2,20,21,22);1H. The van der Waals surface area contributed by atoms with E-state index in [2.05, 4.69) is 27.9 Å². The Bertz CT molecular complexity index is 657. The largest absolute Gasteiger partial charge is 0.489 e. The van der Waals surface area contributed by atoms with Gasteiger partial charge in [0.25, 0.3) is 0 Å². The molecule has 0 aliphatic heterocycles. The van der Waals surface area contributed by atoms with Crippen LogP contribution in [0.25, 0.3) is 0 Å². The minimum atomic E-state index is 0. The third-order valence-corrected chi connectivity index (χ3v) is 3.62. The minimum Gasteiger partial charge on any atom is -0.489 e. The van der Waals surface area contributed by atoms with Gasteiger partial charge < -0.3 is 19.9 Å². The number of aryl methyl sites for hydroxylation is 1. The van der Waals surface area contributed by atoms with E-state index >= 15 is 0 Å². The van der Waals surface area contributed by atoms with Crippen molar-refractivity contribution in [2.75, 3.05) is 13.1 Å². The molecular formula is C18H26ClIN4O. The number of hydrogen-bond acceptors (Lipinski definition) is 2. The summed E-state index contributed by atoms with van der Waals surface area (Å²) in [7, 11) is 2.01. The predicted molar refractivity (Wildman–Crippen MR) is 115 cm³/mol. The molecule has 0 aliphatic rings. The van der Waals surface area contributed by atoms with Crippen molar-refractivity contribution in [3.05, 3.63) is 53.3 Å². The molecule has 0 fully saturated rings. The second-order valence-corrected chi connectivity index (χ2v) is 6.08. The summed E-state index contributed by atoms with van der Waals surface area (Å²) in [6.45, 7) is 6.18. The van der Waals surface area contributed by atoms with E-state index in [9.17, 15) is 0 Å². The van der Waals surface area contributed by atoms with Crippen LogP contribution in [0, 0.1) is 0 Å². The normalized spacial score (nSPS) is 12.2. The van der Waals surface area contributed by atoms with E-state index in [0.29, 0.717) is 18.1 Å². The van der Waals surface area contributed by atoms with Crippen LogP contribution in [-0.2, 0) is 13.6 Å². The number of hydrogen-bond donors (Lipinski definition) is 2. The van der Waals surface area contributed by atoms with Crippen LogP contribution in [0.2, 0.25) is 5.02 Å². The molecule has 1 atom stereocenters. The highest BCUT2D eigenvalue weighted by Crippen LogP contribution is 2.16. The lowest BCUT2D eigenvalue weighted by atomic mass is 10.3. The minimum absolute atomic E-state index is 0. The fourth-order valence-electron chi connectivity index (χ4n) is 2.19. The Morgan fingerprint density at radius 2 is 1.96 bits per heavy atom. The molecule has 7 heteroatoms. The fraction of sp³-hybridized carbons (Fsp3) is 0.389. The number of benzene rings is 1. The fourth-order valence-corrected chi connectivity index (χ4v) is 2.32. The van der Waals surface area contributed by atoms with Crippen LogP contribution in [0.5, 0.6) is 5.75 Å². The van der Waals surface area contributed by atoms with Gasteiger partial charge in [0.1, 0.15) is 11.9 Å². The molecule has 0 radical (unpaired) electrons. The topological polar surface area (TPSA) is 50.6 Å². The van der Waals surface area contributed by atoms with Gasteiger partial charge in [-0.1, -0.05) is 11.6 Å². The van der Waals surface area contributed by atoms with E-state index in [1.165, 1.54) is 5.56 Å². The van der Waals surface area contributed by atoms with Crippen molar-refractivity contribution >= 4 is 41.5 Å². The highest BCUT2D eigenvalue weighted by molar-refractivity contribution is 14.0. The molecule has 2 N–H and O–H groups in total. The van der Waals surface area contributed by atoms with Gasteiger partial charge in [-0.15, -0.1) is 24.0 Å². The SMILES string of the molecule is CCNC(=NCc1ccn(C)c1)NCC(C)Oc1ccc(Cl)cc1.I. The molecule has 0 saturated heterocycles. The van der Waals surface area contributed by atoms with Crippen LogP contribution in [0.15, 0.2) is 47.7 Å². The Kier molecular flexibility index (Phi) is 9.74. The summed E-state index contributed by atoms with van der Waals surface area (Å²) in [5.74, 6) is 1.59. The molecule has 0 amide bonds. The third kappa shape index (κ3) is 8.00. The van der Waals surface area contributed by atoms with Crippen molar-refractivity contribution < 1.29 is 4.74 Å². The number of ether oxygens (including phenoxy) is 1. The molecule has 0 bridgehead atoms. The Hall–Kier alpha value is -1.41. The summed E-state index contributed by atoms with van der Waals surface area (Å²) in [4.78, 5) is 4.60. The van der Waals surface area contributed by atoms with E-state index in [0.717, 1.165) is 18.3 Å². The molecule has 1 aromatic heterocycles. The first-order chi connectivity index (χ1) is 11.6. The molecule has 25 heavy (non-hydrogen) atoms. The van der Waals surface area contributed by atoms with Crippen LogP contribution in [0.3, 0.4) is 0 Å². The van der Waals surface area contributed by atoms with E-state index in [4.69, 9.17) is 16.3 Å². The summed E-state index contributed by atoms with van der Waals surface area (Å²) in [5, 5.41) is 7.26. The number of aliphatic imine (C=N–C) groups is 1. The van der Waals surface area contributed by atoms with Crippen LogP contribution in [0.1, 0.15) is 19.4 Å². The number of guanidine groups is 1. The second kappa shape index (κ2) is 11.3. The Labute approximate surface area is 171 Å². The molecule has 0 spiro atoms. The van der Waals surface area contributed by atoms with Crippen molar-refractivity contribution in [3.8, 4) is 5.75 Å². The van der Waals surface area contributed by atoms with Gasteiger partial charge in [-0.3, -0.25) is 0 Å². The van der Waals surface area contributed by atoms with Gasteiger partial charge in [-0.25, -0.2) is 4.99 Å². The Balaban J connectivity index is 0.00000312. The number of aromatic nitrogens is 1. The van der Waals surface area contributed by atoms with Crippen LogP contribution in [-0.4, -0.2) is 29.7 Å². The number of nitrogens with zero attached hydrogens (tertiary/aromatic N) is 2. The summed E-state index contributed by atoms with van der Waals surface area (Å²) >= 11 is 5.88. The van der Waals surface area contributed by atoms with Crippen molar-refractivity contribution in [2.45, 2.75) is 26.5 Å². The third-order valence-electron chi connectivity index (χ3n) is 3.37. The van der Waals surface area contributed by atoms with E-state index < -0.39 is 0 Å². The molecule has 0 aliphatic carbocycles. The van der Waals surface area contributed by atoms with Crippen LogP contribution in [0.4, 0.5) is 0 Å². The molecule has 0 saturated carbocycles. The average molecular weight is 477 g/mol. The van der Waals surface area contributed by atoms with Crippen LogP contribution >= 0.6 is 35.6 Å². The van der Waals surface area contributed by atoms with Crippen molar-refractivity contribution in [1.29, 1.82) is 0 Å². The van der Waals surface area contributed by atoms with E-state index in [1.54, 1.807) is 0 Å². The van der Waals surface area contributed by atoms with Gasteiger partial charge in [-0.2, -0.15) is 0 Å². The lowest BCUT2D eigenvalue weighted by molar-refractivity contribution is 0.224. The molecule has 1 unspecified atom stereocenters. The lowest BCUT2D eigenvalue weighted by Gasteiger charge is -2.17. The second-order valence-electron chi connectivity index (χ2n) is 5.64. The van der Waals surface area contributed by atoms with Crippen molar-refractivity contribution in [2.24, 2.45) is 12.0 Å². The quantitative estimate of drug-likeness (QED) is 0.363. The number of rotatable bonds is 7. The summed E-state index contributed by atoms with van der Waals surface area (Å²) < 4.78 is 7.88. The zero-order valence-corrected chi connectivity index (χ0v) is 17.9. The average Bonchev–Trinajstić information content (AvgIpc) is 2.98. The highest BCUT2D eigenvalue weighted by atomic mass is 127. The zero-order valence-electron chi connectivity index (χ0n) is 14.8. The Morgan fingerprint density at radius 1 is 1.24 bits per heavy atom. The number of halogens is 2. The smallest absolute Gasteiger partial charge is 0.191 e.